The number of nitrogens with one attached hydrogen (secondary N) is 1. The molecule has 0 radical (unpaired) electrons. The molecule has 2 aliphatic rings. The van der Waals surface area contributed by atoms with Gasteiger partial charge in [0.05, 0.1) is 24.1 Å². The van der Waals surface area contributed by atoms with Crippen LogP contribution in [0.4, 0.5) is 5.82 Å². The number of aryl methyl sites for hydroxylation is 2. The number of piperidine rings is 1. The molecule has 0 amide bonds. The lowest BCUT2D eigenvalue weighted by Gasteiger charge is -2.36. The standard InChI is InChI=1S/C20H28N6OS/c1-15-11-21-13-19(23-15)22-12-17-4-2-3-6-25(17)7-8-26-20(27)10-16-14-28-9-5-18(16)24-26/h10-11,13,17H,2-9,12,14H2,1H3,(H,22,23). The van der Waals surface area contributed by atoms with Crippen LogP contribution < -0.4 is 10.9 Å². The molecule has 1 atom stereocenters. The van der Waals surface area contributed by atoms with Crippen molar-refractivity contribution in [3.63, 3.8) is 0 Å². The zero-order chi connectivity index (χ0) is 19.3. The Kier molecular flexibility index (Phi) is 6.26. The minimum atomic E-state index is 0.0305. The number of fused-ring (bicyclic) bond motifs is 1. The first-order valence-electron chi connectivity index (χ1n) is 10.1. The minimum Gasteiger partial charge on any atom is -0.367 e. The van der Waals surface area contributed by atoms with Crippen LogP contribution in [0, 0.1) is 6.92 Å². The highest BCUT2D eigenvalue weighted by Gasteiger charge is 2.22. The third-order valence-electron chi connectivity index (χ3n) is 5.53. The maximum absolute atomic E-state index is 12.4. The van der Waals surface area contributed by atoms with Gasteiger partial charge in [0.1, 0.15) is 5.82 Å². The molecule has 2 aromatic heterocycles. The highest BCUT2D eigenvalue weighted by molar-refractivity contribution is 7.98. The Balaban J connectivity index is 1.38. The lowest BCUT2D eigenvalue weighted by molar-refractivity contribution is 0.147. The van der Waals surface area contributed by atoms with Crippen LogP contribution in [0.2, 0.25) is 0 Å². The quantitative estimate of drug-likeness (QED) is 0.796. The number of thioether (sulfide) groups is 1. The van der Waals surface area contributed by atoms with Gasteiger partial charge in [0.2, 0.25) is 0 Å². The summed E-state index contributed by atoms with van der Waals surface area (Å²) in [7, 11) is 0. The molecular weight excluding hydrogens is 372 g/mol. The molecule has 0 saturated carbocycles. The number of aromatic nitrogens is 4. The molecule has 28 heavy (non-hydrogen) atoms. The molecule has 1 fully saturated rings. The monoisotopic (exact) mass is 400 g/mol. The predicted octanol–water partition coefficient (Wildman–Crippen LogP) is 2.10. The Morgan fingerprint density at radius 1 is 1.29 bits per heavy atom. The first kappa shape index (κ1) is 19.4. The second-order valence-corrected chi connectivity index (χ2v) is 8.70. The van der Waals surface area contributed by atoms with Crippen molar-refractivity contribution in [3.8, 4) is 0 Å². The summed E-state index contributed by atoms with van der Waals surface area (Å²) in [6, 6.07) is 2.24. The molecule has 0 aromatic carbocycles. The van der Waals surface area contributed by atoms with Crippen LogP contribution in [0.1, 0.15) is 36.2 Å². The molecule has 1 unspecified atom stereocenters. The fourth-order valence-electron chi connectivity index (χ4n) is 3.99. The predicted molar refractivity (Wildman–Crippen MR) is 113 cm³/mol. The van der Waals surface area contributed by atoms with Gasteiger partial charge in [0, 0.05) is 43.6 Å². The normalized spacial score (nSPS) is 20.0. The molecule has 0 aliphatic carbocycles. The number of likely N-dealkylation sites (tertiary alicyclic amines) is 1. The second kappa shape index (κ2) is 9.05. The molecule has 8 heteroatoms. The van der Waals surface area contributed by atoms with E-state index in [0.717, 1.165) is 66.8 Å². The third kappa shape index (κ3) is 4.72. The summed E-state index contributed by atoms with van der Waals surface area (Å²) in [5.74, 6) is 2.84. The Morgan fingerprint density at radius 2 is 2.21 bits per heavy atom. The molecule has 150 valence electrons. The number of hydrogen-bond donors (Lipinski definition) is 1. The maximum atomic E-state index is 12.4. The smallest absolute Gasteiger partial charge is 0.267 e. The van der Waals surface area contributed by atoms with E-state index in [0.29, 0.717) is 12.6 Å². The largest absolute Gasteiger partial charge is 0.367 e. The first-order chi connectivity index (χ1) is 13.7. The SMILES string of the molecule is Cc1cncc(NCC2CCCCN2CCn2nc3c(cc2=O)CSCC3)n1. The summed E-state index contributed by atoms with van der Waals surface area (Å²) in [4.78, 5) is 23.6. The molecule has 0 bridgehead atoms. The molecule has 1 N–H and O–H groups in total. The zero-order valence-corrected chi connectivity index (χ0v) is 17.2. The molecular formula is C20H28N6OS. The Labute approximate surface area is 170 Å². The third-order valence-corrected chi connectivity index (χ3v) is 6.53. The summed E-state index contributed by atoms with van der Waals surface area (Å²) < 4.78 is 1.67. The lowest BCUT2D eigenvalue weighted by Crippen LogP contribution is -2.45. The van der Waals surface area contributed by atoms with E-state index in [-0.39, 0.29) is 5.56 Å². The number of anilines is 1. The van der Waals surface area contributed by atoms with Crippen molar-refractivity contribution in [2.75, 3.05) is 30.7 Å². The lowest BCUT2D eigenvalue weighted by atomic mass is 10.0. The minimum absolute atomic E-state index is 0.0305. The molecule has 2 aromatic rings. The van der Waals surface area contributed by atoms with E-state index in [1.165, 1.54) is 12.8 Å². The van der Waals surface area contributed by atoms with Crippen LogP contribution in [0.3, 0.4) is 0 Å². The van der Waals surface area contributed by atoms with Gasteiger partial charge in [-0.15, -0.1) is 0 Å². The van der Waals surface area contributed by atoms with Gasteiger partial charge in [-0.2, -0.15) is 16.9 Å². The van der Waals surface area contributed by atoms with Gasteiger partial charge in [0.15, 0.2) is 0 Å². The van der Waals surface area contributed by atoms with E-state index < -0.39 is 0 Å². The van der Waals surface area contributed by atoms with Gasteiger partial charge < -0.3 is 5.32 Å². The Morgan fingerprint density at radius 3 is 3.11 bits per heavy atom. The van der Waals surface area contributed by atoms with Crippen LogP contribution in [0.15, 0.2) is 23.3 Å². The van der Waals surface area contributed by atoms with Gasteiger partial charge in [-0.25, -0.2) is 9.67 Å². The van der Waals surface area contributed by atoms with Crippen LogP contribution in [-0.2, 0) is 18.7 Å². The molecule has 7 nitrogen and oxygen atoms in total. The number of nitrogens with zero attached hydrogens (tertiary/aromatic N) is 5. The van der Waals surface area contributed by atoms with Gasteiger partial charge in [-0.3, -0.25) is 14.7 Å². The average molecular weight is 401 g/mol. The Hall–Kier alpha value is -1.93. The van der Waals surface area contributed by atoms with Crippen molar-refractivity contribution < 1.29 is 0 Å². The molecule has 2 aliphatic heterocycles. The van der Waals surface area contributed by atoms with Crippen molar-refractivity contribution in [1.82, 2.24) is 24.6 Å². The fourth-order valence-corrected chi connectivity index (χ4v) is 4.94. The van der Waals surface area contributed by atoms with E-state index in [1.807, 2.05) is 18.7 Å². The highest BCUT2D eigenvalue weighted by Crippen LogP contribution is 2.21. The van der Waals surface area contributed by atoms with Crippen LogP contribution in [0.25, 0.3) is 0 Å². The summed E-state index contributed by atoms with van der Waals surface area (Å²) in [5, 5.41) is 8.09. The van der Waals surface area contributed by atoms with E-state index >= 15 is 0 Å². The second-order valence-electron chi connectivity index (χ2n) is 7.59. The van der Waals surface area contributed by atoms with Gasteiger partial charge in [0.25, 0.3) is 5.56 Å². The summed E-state index contributed by atoms with van der Waals surface area (Å²) in [6.07, 6.45) is 8.13. The summed E-state index contributed by atoms with van der Waals surface area (Å²) >= 11 is 1.88. The summed E-state index contributed by atoms with van der Waals surface area (Å²) in [5.41, 5.74) is 3.18. The van der Waals surface area contributed by atoms with Gasteiger partial charge >= 0.3 is 0 Å². The van der Waals surface area contributed by atoms with Crippen molar-refractivity contribution in [2.24, 2.45) is 0 Å². The fraction of sp³-hybridized carbons (Fsp3) is 0.600. The van der Waals surface area contributed by atoms with E-state index in [1.54, 1.807) is 23.1 Å². The average Bonchev–Trinajstić information content (AvgIpc) is 2.71. The van der Waals surface area contributed by atoms with Gasteiger partial charge in [-0.05, 0) is 37.6 Å². The van der Waals surface area contributed by atoms with E-state index in [2.05, 4.69) is 25.3 Å². The van der Waals surface area contributed by atoms with Crippen molar-refractivity contribution in [3.05, 3.63) is 45.8 Å². The topological polar surface area (TPSA) is 75.9 Å². The summed E-state index contributed by atoms with van der Waals surface area (Å²) in [6.45, 7) is 5.38. The van der Waals surface area contributed by atoms with Crippen molar-refractivity contribution in [1.29, 1.82) is 0 Å². The van der Waals surface area contributed by atoms with E-state index in [9.17, 15) is 4.79 Å². The molecule has 4 rings (SSSR count). The first-order valence-corrected chi connectivity index (χ1v) is 11.3. The van der Waals surface area contributed by atoms with Crippen molar-refractivity contribution >= 4 is 17.6 Å². The van der Waals surface area contributed by atoms with Gasteiger partial charge in [-0.1, -0.05) is 6.42 Å². The molecule has 0 spiro atoms. The van der Waals surface area contributed by atoms with Crippen LogP contribution in [-0.4, -0.2) is 56.1 Å². The Bertz CT molecular complexity index is 870. The molecule has 4 heterocycles. The maximum Gasteiger partial charge on any atom is 0.267 e. The zero-order valence-electron chi connectivity index (χ0n) is 16.4. The molecule has 1 saturated heterocycles. The number of rotatable bonds is 6. The number of hydrogen-bond acceptors (Lipinski definition) is 7. The van der Waals surface area contributed by atoms with Crippen LogP contribution in [0.5, 0.6) is 0 Å². The highest BCUT2D eigenvalue weighted by atomic mass is 32.2. The van der Waals surface area contributed by atoms with E-state index in [4.69, 9.17) is 0 Å². The van der Waals surface area contributed by atoms with Crippen molar-refractivity contribution in [2.45, 2.75) is 50.9 Å². The van der Waals surface area contributed by atoms with Crippen LogP contribution >= 0.6 is 11.8 Å².